The van der Waals surface area contributed by atoms with Gasteiger partial charge in [0.1, 0.15) is 5.75 Å². The van der Waals surface area contributed by atoms with Crippen LogP contribution in [0.25, 0.3) is 0 Å². The van der Waals surface area contributed by atoms with E-state index < -0.39 is 12.1 Å². The van der Waals surface area contributed by atoms with Crippen LogP contribution in [0.4, 0.5) is 0 Å². The predicted octanol–water partition coefficient (Wildman–Crippen LogP) is 3.45. The van der Waals surface area contributed by atoms with Crippen molar-refractivity contribution in [3.63, 3.8) is 0 Å². The highest BCUT2D eigenvalue weighted by atomic mass is 79.9. The Bertz CT molecular complexity index is 416. The number of rotatable bonds is 4. The first-order valence-corrected chi connectivity index (χ1v) is 6.51. The molecule has 1 saturated carbocycles. The van der Waals surface area contributed by atoms with Crippen molar-refractivity contribution in [2.75, 3.05) is 0 Å². The first-order chi connectivity index (χ1) is 7.58. The average molecular weight is 350 g/mol. The van der Waals surface area contributed by atoms with Crippen molar-refractivity contribution >= 4 is 37.8 Å². The van der Waals surface area contributed by atoms with Gasteiger partial charge in [0, 0.05) is 10.4 Å². The van der Waals surface area contributed by atoms with E-state index in [1.807, 2.05) is 12.1 Å². The maximum Gasteiger partial charge on any atom is 0.345 e. The highest BCUT2D eigenvalue weighted by Gasteiger charge is 2.38. The molecule has 0 bridgehead atoms. The van der Waals surface area contributed by atoms with Gasteiger partial charge in [0.25, 0.3) is 0 Å². The van der Waals surface area contributed by atoms with E-state index in [0.717, 1.165) is 21.8 Å². The molecule has 0 aliphatic heterocycles. The minimum atomic E-state index is -0.891. The lowest BCUT2D eigenvalue weighted by Crippen LogP contribution is -2.29. The lowest BCUT2D eigenvalue weighted by atomic mass is 10.2. The van der Waals surface area contributed by atoms with Gasteiger partial charge >= 0.3 is 5.97 Å². The summed E-state index contributed by atoms with van der Waals surface area (Å²) >= 11 is 6.68. The van der Waals surface area contributed by atoms with Crippen molar-refractivity contribution in [2.45, 2.75) is 18.9 Å². The number of ether oxygens (including phenoxy) is 1. The molecule has 16 heavy (non-hydrogen) atoms. The summed E-state index contributed by atoms with van der Waals surface area (Å²) in [5.41, 5.74) is 0. The van der Waals surface area contributed by atoms with Crippen LogP contribution in [0, 0.1) is 5.92 Å². The van der Waals surface area contributed by atoms with E-state index in [0.29, 0.717) is 5.75 Å². The molecule has 1 aliphatic carbocycles. The Labute approximate surface area is 110 Å². The second-order valence-corrected chi connectivity index (χ2v) is 5.56. The topological polar surface area (TPSA) is 46.5 Å². The molecule has 2 rings (SSSR count). The molecule has 1 aliphatic rings. The third-order valence-corrected chi connectivity index (χ3v) is 3.55. The number of hydrogen-bond donors (Lipinski definition) is 1. The highest BCUT2D eigenvalue weighted by molar-refractivity contribution is 9.11. The van der Waals surface area contributed by atoms with Crippen molar-refractivity contribution in [2.24, 2.45) is 5.92 Å². The van der Waals surface area contributed by atoms with E-state index in [4.69, 9.17) is 9.84 Å². The number of carboxylic acids is 1. The Balaban J connectivity index is 2.15. The summed E-state index contributed by atoms with van der Waals surface area (Å²) in [5, 5.41) is 9.04. The van der Waals surface area contributed by atoms with Gasteiger partial charge in [-0.1, -0.05) is 15.9 Å². The Morgan fingerprint density at radius 3 is 2.62 bits per heavy atom. The fourth-order valence-electron chi connectivity index (χ4n) is 1.45. The Morgan fingerprint density at radius 2 is 2.12 bits per heavy atom. The van der Waals surface area contributed by atoms with Crippen LogP contribution in [0.1, 0.15) is 12.8 Å². The van der Waals surface area contributed by atoms with Crippen molar-refractivity contribution in [3.8, 4) is 5.75 Å². The predicted molar refractivity (Wildman–Crippen MR) is 66.6 cm³/mol. The Kier molecular flexibility index (Phi) is 3.54. The number of hydrogen-bond acceptors (Lipinski definition) is 2. The van der Waals surface area contributed by atoms with Crippen LogP contribution in [0.3, 0.4) is 0 Å². The molecule has 1 atom stereocenters. The lowest BCUT2D eigenvalue weighted by Gasteiger charge is -2.15. The zero-order chi connectivity index (χ0) is 11.7. The second kappa shape index (κ2) is 4.75. The molecule has 0 aromatic heterocycles. The van der Waals surface area contributed by atoms with E-state index in [1.165, 1.54) is 0 Å². The Hall–Kier alpha value is -0.550. The summed E-state index contributed by atoms with van der Waals surface area (Å²) in [5.74, 6) is -0.159. The van der Waals surface area contributed by atoms with Crippen molar-refractivity contribution in [1.29, 1.82) is 0 Å². The van der Waals surface area contributed by atoms with Gasteiger partial charge in [-0.3, -0.25) is 0 Å². The van der Waals surface area contributed by atoms with Crippen LogP contribution in [-0.4, -0.2) is 17.2 Å². The minimum absolute atomic E-state index is 0.160. The standard InChI is InChI=1S/C11H10Br2O3/c12-7-3-4-9(8(13)5-7)16-10(11(14)15)6-1-2-6/h3-6,10H,1-2H2,(H,14,15). The third kappa shape index (κ3) is 2.77. The first kappa shape index (κ1) is 11.9. The molecule has 1 fully saturated rings. The fraction of sp³-hybridized carbons (Fsp3) is 0.364. The molecular formula is C11H10Br2O3. The largest absolute Gasteiger partial charge is 0.478 e. The molecule has 5 heteroatoms. The minimum Gasteiger partial charge on any atom is -0.478 e. The second-order valence-electron chi connectivity index (χ2n) is 3.79. The van der Waals surface area contributed by atoms with E-state index >= 15 is 0 Å². The number of aliphatic carboxylic acids is 1. The third-order valence-electron chi connectivity index (χ3n) is 2.44. The summed E-state index contributed by atoms with van der Waals surface area (Å²) in [6.07, 6.45) is 1.15. The molecule has 0 saturated heterocycles. The normalized spacial score (nSPS) is 16.9. The number of carbonyl (C=O) groups is 1. The molecule has 0 radical (unpaired) electrons. The van der Waals surface area contributed by atoms with Crippen LogP contribution in [0.15, 0.2) is 27.1 Å². The Morgan fingerprint density at radius 1 is 1.44 bits per heavy atom. The first-order valence-electron chi connectivity index (χ1n) is 4.92. The van der Waals surface area contributed by atoms with E-state index in [1.54, 1.807) is 6.07 Å². The van der Waals surface area contributed by atoms with E-state index in [2.05, 4.69) is 31.9 Å². The van der Waals surface area contributed by atoms with Gasteiger partial charge in [0.05, 0.1) is 4.47 Å². The quantitative estimate of drug-likeness (QED) is 0.905. The number of benzene rings is 1. The molecule has 86 valence electrons. The molecule has 1 unspecified atom stereocenters. The number of carboxylic acid groups (broad SMARTS) is 1. The maximum atomic E-state index is 11.0. The van der Waals surface area contributed by atoms with Crippen LogP contribution < -0.4 is 4.74 Å². The summed E-state index contributed by atoms with van der Waals surface area (Å²) in [6.45, 7) is 0. The van der Waals surface area contributed by atoms with Crippen LogP contribution in [-0.2, 0) is 4.79 Å². The average Bonchev–Trinajstić information content (AvgIpc) is 2.99. The molecule has 1 aromatic carbocycles. The molecule has 0 amide bonds. The summed E-state index contributed by atoms with van der Waals surface area (Å²) in [6, 6.07) is 5.42. The lowest BCUT2D eigenvalue weighted by molar-refractivity contribution is -0.146. The highest BCUT2D eigenvalue weighted by Crippen LogP contribution is 2.37. The summed E-state index contributed by atoms with van der Waals surface area (Å²) in [7, 11) is 0. The zero-order valence-corrected chi connectivity index (χ0v) is 11.5. The monoisotopic (exact) mass is 348 g/mol. The SMILES string of the molecule is O=C(O)C(Oc1ccc(Br)cc1Br)C1CC1. The van der Waals surface area contributed by atoms with Gasteiger partial charge in [-0.25, -0.2) is 4.79 Å². The van der Waals surface area contributed by atoms with Gasteiger partial charge in [-0.05, 0) is 47.0 Å². The fourth-order valence-corrected chi connectivity index (χ4v) is 2.60. The van der Waals surface area contributed by atoms with Crippen molar-refractivity contribution < 1.29 is 14.6 Å². The van der Waals surface area contributed by atoms with Gasteiger partial charge in [0.2, 0.25) is 0 Å². The van der Waals surface area contributed by atoms with Gasteiger partial charge in [0.15, 0.2) is 6.10 Å². The van der Waals surface area contributed by atoms with E-state index in [-0.39, 0.29) is 5.92 Å². The maximum absolute atomic E-state index is 11.0. The molecule has 3 nitrogen and oxygen atoms in total. The zero-order valence-electron chi connectivity index (χ0n) is 8.32. The molecule has 1 N–H and O–H groups in total. The van der Waals surface area contributed by atoms with Crippen molar-refractivity contribution in [3.05, 3.63) is 27.1 Å². The summed E-state index contributed by atoms with van der Waals surface area (Å²) < 4.78 is 7.20. The van der Waals surface area contributed by atoms with E-state index in [9.17, 15) is 4.79 Å². The van der Waals surface area contributed by atoms with Gasteiger partial charge < -0.3 is 9.84 Å². The molecule has 1 aromatic rings. The van der Waals surface area contributed by atoms with Crippen LogP contribution in [0.2, 0.25) is 0 Å². The van der Waals surface area contributed by atoms with Crippen LogP contribution >= 0.6 is 31.9 Å². The summed E-state index contributed by atoms with van der Waals surface area (Å²) in [4.78, 5) is 11.0. The number of halogens is 2. The van der Waals surface area contributed by atoms with Crippen LogP contribution in [0.5, 0.6) is 5.75 Å². The van der Waals surface area contributed by atoms with Gasteiger partial charge in [-0.15, -0.1) is 0 Å². The van der Waals surface area contributed by atoms with Gasteiger partial charge in [-0.2, -0.15) is 0 Å². The molecule has 0 spiro atoms. The smallest absolute Gasteiger partial charge is 0.345 e. The molecule has 0 heterocycles. The molecular weight excluding hydrogens is 340 g/mol. The van der Waals surface area contributed by atoms with Crippen molar-refractivity contribution in [1.82, 2.24) is 0 Å².